The molecule has 0 aliphatic carbocycles. The minimum Gasteiger partial charge on any atom is -0.349 e. The maximum Gasteiger partial charge on any atom is 0.416 e. The van der Waals surface area contributed by atoms with E-state index in [0.717, 1.165) is 18.2 Å². The van der Waals surface area contributed by atoms with Crippen LogP contribution in [0.4, 0.5) is 13.2 Å². The van der Waals surface area contributed by atoms with E-state index in [1.165, 1.54) is 40.7 Å². The van der Waals surface area contributed by atoms with Gasteiger partial charge in [-0.3, -0.25) is 9.59 Å². The molecule has 1 atom stereocenters. The molecule has 2 N–H and O–H groups in total. The van der Waals surface area contributed by atoms with Crippen molar-refractivity contribution in [3.8, 4) is 0 Å². The van der Waals surface area contributed by atoms with Gasteiger partial charge >= 0.3 is 6.18 Å². The summed E-state index contributed by atoms with van der Waals surface area (Å²) in [5, 5.41) is 5.31. The van der Waals surface area contributed by atoms with E-state index in [1.807, 2.05) is 0 Å². The fourth-order valence-electron chi connectivity index (χ4n) is 3.56. The van der Waals surface area contributed by atoms with Crippen LogP contribution in [0.5, 0.6) is 0 Å². The summed E-state index contributed by atoms with van der Waals surface area (Å²) in [6.45, 7) is 3.86. The quantitative estimate of drug-likeness (QED) is 0.577. The predicted molar refractivity (Wildman–Crippen MR) is 119 cm³/mol. The van der Waals surface area contributed by atoms with Gasteiger partial charge in [-0.2, -0.15) is 17.5 Å². The summed E-state index contributed by atoms with van der Waals surface area (Å²) in [5.41, 5.74) is -0.0770. The van der Waals surface area contributed by atoms with Gasteiger partial charge in [-0.25, -0.2) is 8.42 Å². The Hall–Kier alpha value is -3.18. The molecule has 1 heterocycles. The number of piperidine rings is 1. The summed E-state index contributed by atoms with van der Waals surface area (Å²) in [4.78, 5) is 23.9. The van der Waals surface area contributed by atoms with Crippen molar-refractivity contribution < 1.29 is 31.2 Å². The van der Waals surface area contributed by atoms with E-state index < -0.39 is 27.7 Å². The third kappa shape index (κ3) is 6.23. The smallest absolute Gasteiger partial charge is 0.349 e. The Morgan fingerprint density at radius 3 is 2.32 bits per heavy atom. The van der Waals surface area contributed by atoms with E-state index in [1.54, 1.807) is 0 Å². The first kappa shape index (κ1) is 25.4. The molecule has 182 valence electrons. The molecule has 0 aromatic heterocycles. The highest BCUT2D eigenvalue weighted by molar-refractivity contribution is 7.89. The van der Waals surface area contributed by atoms with Crippen molar-refractivity contribution in [1.82, 2.24) is 14.9 Å². The Labute approximate surface area is 195 Å². The number of halogens is 3. The number of amides is 2. The third-order valence-electron chi connectivity index (χ3n) is 5.40. The average Bonchev–Trinajstić information content (AvgIpc) is 2.82. The maximum absolute atomic E-state index is 13.0. The summed E-state index contributed by atoms with van der Waals surface area (Å²) < 4.78 is 65.2. The van der Waals surface area contributed by atoms with Gasteiger partial charge in [0.25, 0.3) is 5.91 Å². The Kier molecular flexibility index (Phi) is 7.78. The van der Waals surface area contributed by atoms with Gasteiger partial charge < -0.3 is 10.6 Å². The minimum atomic E-state index is -4.43. The molecule has 0 spiro atoms. The van der Waals surface area contributed by atoms with Crippen LogP contribution in [0.1, 0.15) is 34.3 Å². The second-order valence-electron chi connectivity index (χ2n) is 7.82. The van der Waals surface area contributed by atoms with E-state index in [0.29, 0.717) is 24.9 Å². The monoisotopic (exact) mass is 495 g/mol. The lowest BCUT2D eigenvalue weighted by Crippen LogP contribution is -2.49. The molecule has 11 heteroatoms. The molecule has 34 heavy (non-hydrogen) atoms. The number of alkyl halides is 3. The lowest BCUT2D eigenvalue weighted by Gasteiger charge is -2.32. The largest absolute Gasteiger partial charge is 0.416 e. The number of hydrogen-bond acceptors (Lipinski definition) is 4. The fourth-order valence-corrected chi connectivity index (χ4v) is 5.09. The van der Waals surface area contributed by atoms with Crippen LogP contribution in [-0.2, 0) is 27.5 Å². The summed E-state index contributed by atoms with van der Waals surface area (Å²) >= 11 is 0. The molecular weight excluding hydrogens is 471 g/mol. The topological polar surface area (TPSA) is 95.6 Å². The van der Waals surface area contributed by atoms with Crippen molar-refractivity contribution in [3.63, 3.8) is 0 Å². The van der Waals surface area contributed by atoms with E-state index >= 15 is 0 Å². The highest BCUT2D eigenvalue weighted by Gasteiger charge is 2.31. The van der Waals surface area contributed by atoms with Gasteiger partial charge in [0.1, 0.15) is 0 Å². The minimum absolute atomic E-state index is 0.0162. The molecule has 0 bridgehead atoms. The molecule has 1 fully saturated rings. The normalized spacial score (nSPS) is 17.1. The second kappa shape index (κ2) is 10.4. The van der Waals surface area contributed by atoms with Gasteiger partial charge in [-0.15, -0.1) is 0 Å². The summed E-state index contributed by atoms with van der Waals surface area (Å²) in [6, 6.07) is 9.52. The van der Waals surface area contributed by atoms with Gasteiger partial charge in [0.05, 0.1) is 10.5 Å². The van der Waals surface area contributed by atoms with Crippen LogP contribution in [0.25, 0.3) is 0 Å². The number of sulfonamides is 1. The zero-order valence-corrected chi connectivity index (χ0v) is 19.0. The van der Waals surface area contributed by atoms with Crippen LogP contribution in [0.3, 0.4) is 0 Å². The molecule has 1 aliphatic rings. The lowest BCUT2D eigenvalue weighted by atomic mass is 10.1. The lowest BCUT2D eigenvalue weighted by molar-refractivity contribution is -0.137. The van der Waals surface area contributed by atoms with E-state index in [4.69, 9.17) is 0 Å². The first-order chi connectivity index (χ1) is 16.0. The Morgan fingerprint density at radius 2 is 1.74 bits per heavy atom. The van der Waals surface area contributed by atoms with Crippen molar-refractivity contribution in [2.75, 3.05) is 13.1 Å². The van der Waals surface area contributed by atoms with Crippen molar-refractivity contribution in [1.29, 1.82) is 0 Å². The van der Waals surface area contributed by atoms with Crippen LogP contribution >= 0.6 is 0 Å². The van der Waals surface area contributed by atoms with Crippen LogP contribution in [-0.4, -0.2) is 43.7 Å². The van der Waals surface area contributed by atoms with Crippen molar-refractivity contribution >= 4 is 21.8 Å². The molecule has 2 aromatic rings. The number of rotatable bonds is 7. The van der Waals surface area contributed by atoms with Gasteiger partial charge in [-0.05, 0) is 60.9 Å². The predicted octanol–water partition coefficient (Wildman–Crippen LogP) is 3.09. The molecule has 1 saturated heterocycles. The Bertz CT molecular complexity index is 1150. The zero-order chi connectivity index (χ0) is 24.9. The second-order valence-corrected chi connectivity index (χ2v) is 9.75. The van der Waals surface area contributed by atoms with Crippen LogP contribution < -0.4 is 10.6 Å². The van der Waals surface area contributed by atoms with Gasteiger partial charge in [0, 0.05) is 31.2 Å². The van der Waals surface area contributed by atoms with Crippen LogP contribution in [0, 0.1) is 0 Å². The molecule has 2 aromatic carbocycles. The van der Waals surface area contributed by atoms with Crippen LogP contribution in [0.2, 0.25) is 0 Å². The molecular formula is C23H24F3N3O4S. The van der Waals surface area contributed by atoms with Crippen molar-refractivity contribution in [2.24, 2.45) is 0 Å². The van der Waals surface area contributed by atoms with Gasteiger partial charge in [-0.1, -0.05) is 18.7 Å². The molecule has 3 rings (SSSR count). The first-order valence-corrected chi connectivity index (χ1v) is 11.9. The maximum atomic E-state index is 13.0. The summed E-state index contributed by atoms with van der Waals surface area (Å²) in [6.07, 6.45) is -2.05. The summed E-state index contributed by atoms with van der Waals surface area (Å²) in [5.74, 6) is -0.857. The van der Waals surface area contributed by atoms with Crippen LogP contribution in [0.15, 0.2) is 66.1 Å². The number of carbonyl (C=O) groups is 2. The van der Waals surface area contributed by atoms with E-state index in [2.05, 4.69) is 17.2 Å². The average molecular weight is 496 g/mol. The Balaban J connectivity index is 1.61. The molecule has 0 unspecified atom stereocenters. The molecule has 1 aliphatic heterocycles. The van der Waals surface area contributed by atoms with Gasteiger partial charge in [0.15, 0.2) is 0 Å². The number of benzene rings is 2. The molecule has 2 amide bonds. The third-order valence-corrected chi connectivity index (χ3v) is 7.28. The number of carbonyl (C=O) groups excluding carboxylic acids is 2. The SMILES string of the molecule is C=CC(=O)N[C@H]1CCCN(S(=O)(=O)c2ccc(C(=O)NCc3ccc(C(F)(F)F)cc3)cc2)C1. The van der Waals surface area contributed by atoms with Crippen molar-refractivity contribution in [3.05, 3.63) is 77.9 Å². The number of hydrogen-bond donors (Lipinski definition) is 2. The molecule has 7 nitrogen and oxygen atoms in total. The molecule has 0 saturated carbocycles. The highest BCUT2D eigenvalue weighted by atomic mass is 32.2. The Morgan fingerprint density at radius 1 is 1.09 bits per heavy atom. The standard InChI is InChI=1S/C23H24F3N3O4S/c1-2-21(30)28-19-4-3-13-29(15-19)34(32,33)20-11-7-17(8-12-20)22(31)27-14-16-5-9-18(10-6-16)23(24,25)26/h2,5-12,19H,1,3-4,13-15H2,(H,27,31)(H,28,30)/t19-/m0/s1. The first-order valence-electron chi connectivity index (χ1n) is 10.5. The summed E-state index contributed by atoms with van der Waals surface area (Å²) in [7, 11) is -3.82. The molecule has 0 radical (unpaired) electrons. The highest BCUT2D eigenvalue weighted by Crippen LogP contribution is 2.29. The van der Waals surface area contributed by atoms with Gasteiger partial charge in [0.2, 0.25) is 15.9 Å². The fraction of sp³-hybridized carbons (Fsp3) is 0.304. The van der Waals surface area contributed by atoms with E-state index in [9.17, 15) is 31.2 Å². The number of nitrogens with zero attached hydrogens (tertiary/aromatic N) is 1. The van der Waals surface area contributed by atoms with E-state index in [-0.39, 0.29) is 35.5 Å². The van der Waals surface area contributed by atoms with Crippen molar-refractivity contribution in [2.45, 2.75) is 36.5 Å². The zero-order valence-electron chi connectivity index (χ0n) is 18.1. The number of nitrogens with one attached hydrogen (secondary N) is 2.